The number of carbonyl (C=O) groups is 2. The highest BCUT2D eigenvalue weighted by atomic mass is 32.2. The van der Waals surface area contributed by atoms with Gasteiger partial charge in [0, 0.05) is 18.2 Å². The zero-order valence-corrected chi connectivity index (χ0v) is 15.9. The Morgan fingerprint density at radius 3 is 2.59 bits per heavy atom. The Bertz CT molecular complexity index is 869. The fraction of sp³-hybridized carbons (Fsp3) is 0.579. The van der Waals surface area contributed by atoms with Crippen LogP contribution in [0.3, 0.4) is 0 Å². The van der Waals surface area contributed by atoms with E-state index in [1.807, 2.05) is 0 Å². The third-order valence-corrected chi connectivity index (χ3v) is 7.96. The number of hydrogen-bond acceptors (Lipinski definition) is 4. The number of sulfonamides is 1. The van der Waals surface area contributed by atoms with Gasteiger partial charge in [0.15, 0.2) is 0 Å². The topological polar surface area (TPSA) is 95.0 Å². The van der Waals surface area contributed by atoms with Crippen LogP contribution in [0.25, 0.3) is 0 Å². The highest BCUT2D eigenvalue weighted by molar-refractivity contribution is 7.93. The Labute approximate surface area is 159 Å². The molecular weight excluding hydrogens is 368 g/mol. The Hall–Kier alpha value is -2.09. The number of hydrogen-bond donors (Lipinski definition) is 1. The first-order valence-electron chi connectivity index (χ1n) is 9.54. The molecule has 0 aromatic heterocycles. The number of anilines is 1. The molecule has 7 nitrogen and oxygen atoms in total. The van der Waals surface area contributed by atoms with Gasteiger partial charge < -0.3 is 10.0 Å². The first-order valence-corrected chi connectivity index (χ1v) is 11.2. The molecule has 3 atom stereocenters. The first kappa shape index (κ1) is 18.3. The van der Waals surface area contributed by atoms with E-state index in [2.05, 4.69) is 0 Å². The van der Waals surface area contributed by atoms with E-state index >= 15 is 0 Å². The highest BCUT2D eigenvalue weighted by Crippen LogP contribution is 2.40. The molecule has 0 radical (unpaired) electrons. The van der Waals surface area contributed by atoms with Gasteiger partial charge in [-0.05, 0) is 49.8 Å². The van der Waals surface area contributed by atoms with Crippen LogP contribution >= 0.6 is 0 Å². The minimum Gasteiger partial charge on any atom is -0.480 e. The summed E-state index contributed by atoms with van der Waals surface area (Å²) in [5, 5.41) is 9.64. The van der Waals surface area contributed by atoms with Crippen LogP contribution in [0.4, 0.5) is 5.69 Å². The first-order chi connectivity index (χ1) is 12.9. The molecule has 2 heterocycles. The van der Waals surface area contributed by atoms with Crippen molar-refractivity contribution in [2.45, 2.75) is 50.6 Å². The Balaban J connectivity index is 1.65. The summed E-state index contributed by atoms with van der Waals surface area (Å²) in [7, 11) is -3.33. The number of nitrogens with zero attached hydrogens (tertiary/aromatic N) is 2. The summed E-state index contributed by atoms with van der Waals surface area (Å²) in [6, 6.07) is 5.74. The van der Waals surface area contributed by atoms with Gasteiger partial charge in [0.1, 0.15) is 6.04 Å². The van der Waals surface area contributed by atoms with E-state index < -0.39 is 22.0 Å². The second-order valence-electron chi connectivity index (χ2n) is 7.71. The third-order valence-electron chi connectivity index (χ3n) is 6.09. The molecule has 0 unspecified atom stereocenters. The van der Waals surface area contributed by atoms with Gasteiger partial charge in [-0.3, -0.25) is 9.10 Å². The van der Waals surface area contributed by atoms with Gasteiger partial charge in [0.2, 0.25) is 10.0 Å². The van der Waals surface area contributed by atoms with Gasteiger partial charge in [-0.15, -0.1) is 0 Å². The van der Waals surface area contributed by atoms with Gasteiger partial charge in [-0.2, -0.15) is 0 Å². The number of carboxylic acid groups (broad SMARTS) is 1. The lowest BCUT2D eigenvalue weighted by Crippen LogP contribution is -2.46. The number of amides is 1. The number of rotatable bonds is 3. The largest absolute Gasteiger partial charge is 0.480 e. The van der Waals surface area contributed by atoms with Crippen molar-refractivity contribution >= 4 is 27.6 Å². The lowest BCUT2D eigenvalue weighted by molar-refractivity contribution is -0.141. The fourth-order valence-corrected chi connectivity index (χ4v) is 6.40. The minimum absolute atomic E-state index is 0.0356. The Morgan fingerprint density at radius 1 is 1.11 bits per heavy atom. The zero-order valence-electron chi connectivity index (χ0n) is 15.1. The predicted octanol–water partition coefficient (Wildman–Crippen LogP) is 2.08. The van der Waals surface area contributed by atoms with E-state index in [9.17, 15) is 23.1 Å². The average molecular weight is 392 g/mol. The number of aliphatic carboxylic acids is 1. The highest BCUT2D eigenvalue weighted by Gasteiger charge is 2.47. The summed E-state index contributed by atoms with van der Waals surface area (Å²) in [6.07, 6.45) is 4.95. The molecule has 4 rings (SSSR count). The van der Waals surface area contributed by atoms with Crippen LogP contribution in [0.15, 0.2) is 24.3 Å². The molecule has 3 fully saturated rings. The van der Waals surface area contributed by atoms with Crippen molar-refractivity contribution in [1.82, 2.24) is 4.90 Å². The normalized spacial score (nSPS) is 29.6. The molecule has 1 N–H and O–H groups in total. The lowest BCUT2D eigenvalue weighted by atomic mass is 9.84. The second kappa shape index (κ2) is 6.82. The molecule has 1 aromatic carbocycles. The average Bonchev–Trinajstić information content (AvgIpc) is 3.21. The van der Waals surface area contributed by atoms with Gasteiger partial charge in [0.25, 0.3) is 5.91 Å². The van der Waals surface area contributed by atoms with Crippen LogP contribution < -0.4 is 4.31 Å². The van der Waals surface area contributed by atoms with Gasteiger partial charge in [0.05, 0.1) is 11.4 Å². The van der Waals surface area contributed by atoms with Crippen molar-refractivity contribution < 1.29 is 23.1 Å². The minimum atomic E-state index is -3.33. The molecule has 1 saturated carbocycles. The van der Waals surface area contributed by atoms with E-state index in [0.29, 0.717) is 30.6 Å². The SMILES string of the molecule is O=C(O)[C@@H]1C[C@@H]2CCCC[C@H]2N1C(=O)c1cccc(N2CCCS2(=O)=O)c1. The van der Waals surface area contributed by atoms with Gasteiger partial charge in [-0.1, -0.05) is 18.9 Å². The van der Waals surface area contributed by atoms with Crippen LogP contribution in [-0.4, -0.2) is 54.7 Å². The van der Waals surface area contributed by atoms with Crippen molar-refractivity contribution in [3.05, 3.63) is 29.8 Å². The molecule has 27 heavy (non-hydrogen) atoms. The van der Waals surface area contributed by atoms with E-state index in [4.69, 9.17) is 0 Å². The molecule has 1 amide bonds. The number of fused-ring (bicyclic) bond motifs is 1. The monoisotopic (exact) mass is 392 g/mol. The molecule has 2 aliphatic heterocycles. The van der Waals surface area contributed by atoms with Gasteiger partial charge in [-0.25, -0.2) is 13.2 Å². The van der Waals surface area contributed by atoms with Crippen LogP contribution in [-0.2, 0) is 14.8 Å². The number of carboxylic acids is 1. The van der Waals surface area contributed by atoms with Crippen LogP contribution in [0, 0.1) is 5.92 Å². The Morgan fingerprint density at radius 2 is 1.89 bits per heavy atom. The van der Waals surface area contributed by atoms with Crippen molar-refractivity contribution in [1.29, 1.82) is 0 Å². The van der Waals surface area contributed by atoms with E-state index in [0.717, 1.165) is 25.7 Å². The maximum atomic E-state index is 13.2. The third kappa shape index (κ3) is 3.20. The molecule has 1 aromatic rings. The molecule has 0 spiro atoms. The maximum absolute atomic E-state index is 13.2. The van der Waals surface area contributed by atoms with Crippen molar-refractivity contribution in [3.63, 3.8) is 0 Å². The van der Waals surface area contributed by atoms with E-state index in [1.165, 1.54) is 4.31 Å². The number of likely N-dealkylation sites (tertiary alicyclic amines) is 1. The molecule has 1 aliphatic carbocycles. The second-order valence-corrected chi connectivity index (χ2v) is 9.72. The molecule has 0 bridgehead atoms. The maximum Gasteiger partial charge on any atom is 0.326 e. The summed E-state index contributed by atoms with van der Waals surface area (Å²) in [5.74, 6) is -0.917. The fourth-order valence-electron chi connectivity index (χ4n) is 4.85. The van der Waals surface area contributed by atoms with Crippen molar-refractivity contribution in [2.75, 3.05) is 16.6 Å². The number of carbonyl (C=O) groups excluding carboxylic acids is 1. The summed E-state index contributed by atoms with van der Waals surface area (Å²) < 4.78 is 25.7. The predicted molar refractivity (Wildman–Crippen MR) is 100 cm³/mol. The molecule has 3 aliphatic rings. The lowest BCUT2D eigenvalue weighted by Gasteiger charge is -2.33. The standard InChI is InChI=1S/C19H24N2O5S/c22-18(21-16-8-2-1-5-13(16)12-17(21)19(23)24)14-6-3-7-15(11-14)20-9-4-10-27(20,25)26/h3,6-7,11,13,16-17H,1-2,4-5,8-10,12H2,(H,23,24)/t13-,16+,17-/m0/s1. The van der Waals surface area contributed by atoms with Gasteiger partial charge >= 0.3 is 5.97 Å². The van der Waals surface area contributed by atoms with E-state index in [1.54, 1.807) is 29.2 Å². The molecular formula is C19H24N2O5S. The number of benzene rings is 1. The van der Waals surface area contributed by atoms with Crippen LogP contribution in [0.2, 0.25) is 0 Å². The smallest absolute Gasteiger partial charge is 0.326 e. The molecule has 2 saturated heterocycles. The van der Waals surface area contributed by atoms with E-state index in [-0.39, 0.29) is 23.6 Å². The zero-order chi connectivity index (χ0) is 19.2. The summed E-state index contributed by atoms with van der Waals surface area (Å²) in [6.45, 7) is 0.409. The van der Waals surface area contributed by atoms with Crippen molar-refractivity contribution in [3.8, 4) is 0 Å². The molecule has 8 heteroatoms. The molecule has 146 valence electrons. The van der Waals surface area contributed by atoms with Crippen LogP contribution in [0.1, 0.15) is 48.9 Å². The quantitative estimate of drug-likeness (QED) is 0.850. The summed E-state index contributed by atoms with van der Waals surface area (Å²) in [5.41, 5.74) is 0.830. The summed E-state index contributed by atoms with van der Waals surface area (Å²) >= 11 is 0. The van der Waals surface area contributed by atoms with Crippen LogP contribution in [0.5, 0.6) is 0 Å². The Kier molecular flexibility index (Phi) is 4.61. The summed E-state index contributed by atoms with van der Waals surface area (Å²) in [4.78, 5) is 26.6. The van der Waals surface area contributed by atoms with Crippen molar-refractivity contribution in [2.24, 2.45) is 5.92 Å².